The van der Waals surface area contributed by atoms with E-state index in [1.54, 1.807) is 19.1 Å². The van der Waals surface area contributed by atoms with Gasteiger partial charge in [0.05, 0.1) is 41.0 Å². The van der Waals surface area contributed by atoms with Crippen LogP contribution in [0.15, 0.2) is 52.7 Å². The molecule has 1 atom stereocenters. The fraction of sp³-hybridized carbons (Fsp3) is 0.250. The molecule has 0 saturated heterocycles. The lowest BCUT2D eigenvalue weighted by molar-refractivity contribution is -0.138. The number of phenols is 1. The molecule has 1 aromatic carbocycles. The van der Waals surface area contributed by atoms with E-state index in [0.29, 0.717) is 16.3 Å². The second kappa shape index (κ2) is 9.71. The quantitative estimate of drug-likeness (QED) is 0.434. The maximum absolute atomic E-state index is 12.7. The van der Waals surface area contributed by atoms with Gasteiger partial charge in [0.15, 0.2) is 11.5 Å². The van der Waals surface area contributed by atoms with Crippen LogP contribution in [0.2, 0.25) is 0 Å². The second-order valence-corrected chi connectivity index (χ2v) is 7.01. The van der Waals surface area contributed by atoms with Crippen molar-refractivity contribution in [1.82, 2.24) is 5.32 Å². The first-order chi connectivity index (χ1) is 13.8. The smallest absolute Gasteiger partial charge is 0.337 e. The number of esters is 1. The number of methoxy groups -OCH3 is 1. The maximum Gasteiger partial charge on any atom is 0.337 e. The Kier molecular flexibility index (Phi) is 7.33. The summed E-state index contributed by atoms with van der Waals surface area (Å²) in [5, 5.41) is 23.2. The number of carbonyl (C=O) groups excluding carboxylic acids is 2. The van der Waals surface area contributed by atoms with E-state index >= 15 is 0 Å². The standard InChI is InChI=1S/C20H21N3O5S/c1-4-7-28-20(26)17-11(2)23-19(29-10-16(22)25)13(9-21)18(17)12-5-6-14(24)15(8-12)27-3/h4-6,8,18,23-24H,1,7,10H2,2-3H3,(H2,22,25)/t18-/m0/s1. The highest BCUT2D eigenvalue weighted by atomic mass is 32.2. The molecule has 152 valence electrons. The Labute approximate surface area is 172 Å². The number of nitriles is 1. The average molecular weight is 415 g/mol. The third-order valence-electron chi connectivity index (χ3n) is 4.10. The van der Waals surface area contributed by atoms with Crippen molar-refractivity contribution in [3.05, 3.63) is 58.3 Å². The van der Waals surface area contributed by atoms with Crippen molar-refractivity contribution in [3.8, 4) is 17.6 Å². The summed E-state index contributed by atoms with van der Waals surface area (Å²) < 4.78 is 10.4. The molecular formula is C20H21N3O5S. The zero-order valence-corrected chi connectivity index (χ0v) is 16.8. The SMILES string of the molecule is C=CCOC(=O)C1=C(C)NC(SCC(N)=O)=C(C#N)[C@@H]1c1ccc(O)c(OC)c1. The van der Waals surface area contributed by atoms with Gasteiger partial charge in [-0.25, -0.2) is 4.79 Å². The van der Waals surface area contributed by atoms with E-state index in [2.05, 4.69) is 18.0 Å². The van der Waals surface area contributed by atoms with Gasteiger partial charge in [-0.05, 0) is 24.6 Å². The molecule has 4 N–H and O–H groups in total. The molecule has 0 aliphatic carbocycles. The number of dihydropyridines is 1. The molecule has 29 heavy (non-hydrogen) atoms. The highest BCUT2D eigenvalue weighted by Crippen LogP contribution is 2.42. The van der Waals surface area contributed by atoms with E-state index in [4.69, 9.17) is 15.2 Å². The van der Waals surface area contributed by atoms with Crippen LogP contribution in [0.1, 0.15) is 18.4 Å². The van der Waals surface area contributed by atoms with Crippen molar-refractivity contribution in [3.63, 3.8) is 0 Å². The lowest BCUT2D eigenvalue weighted by atomic mass is 9.82. The van der Waals surface area contributed by atoms with E-state index in [9.17, 15) is 20.0 Å². The lowest BCUT2D eigenvalue weighted by Gasteiger charge is -2.29. The van der Waals surface area contributed by atoms with Gasteiger partial charge in [0.25, 0.3) is 0 Å². The van der Waals surface area contributed by atoms with Crippen LogP contribution in [0.5, 0.6) is 11.5 Å². The van der Waals surface area contributed by atoms with Crippen molar-refractivity contribution < 1.29 is 24.2 Å². The third kappa shape index (κ3) is 4.92. The van der Waals surface area contributed by atoms with Crippen molar-refractivity contribution in [2.45, 2.75) is 12.8 Å². The van der Waals surface area contributed by atoms with E-state index in [-0.39, 0.29) is 35.0 Å². The number of ether oxygens (including phenoxy) is 2. The average Bonchev–Trinajstić information content (AvgIpc) is 2.70. The molecule has 1 aromatic rings. The lowest BCUT2D eigenvalue weighted by Crippen LogP contribution is -2.29. The van der Waals surface area contributed by atoms with Crippen molar-refractivity contribution in [1.29, 1.82) is 5.26 Å². The summed E-state index contributed by atoms with van der Waals surface area (Å²) in [6.07, 6.45) is 1.44. The highest BCUT2D eigenvalue weighted by Gasteiger charge is 2.36. The number of phenolic OH excluding ortho intramolecular Hbond substituents is 1. The number of primary amides is 1. The summed E-state index contributed by atoms with van der Waals surface area (Å²) in [5.41, 5.74) is 6.70. The van der Waals surface area contributed by atoms with Crippen molar-refractivity contribution in [2.24, 2.45) is 5.73 Å². The molecule has 0 radical (unpaired) electrons. The number of benzene rings is 1. The number of nitrogens with two attached hydrogens (primary N) is 1. The van der Waals surface area contributed by atoms with E-state index in [1.807, 2.05) is 0 Å². The summed E-state index contributed by atoms with van der Waals surface area (Å²) in [6, 6.07) is 6.68. The number of aromatic hydroxyl groups is 1. The van der Waals surface area contributed by atoms with Crippen LogP contribution >= 0.6 is 11.8 Å². The minimum atomic E-state index is -0.788. The maximum atomic E-state index is 12.7. The number of hydrogen-bond acceptors (Lipinski definition) is 8. The molecule has 1 aliphatic heterocycles. The van der Waals surface area contributed by atoms with Crippen molar-refractivity contribution in [2.75, 3.05) is 19.5 Å². The number of rotatable bonds is 8. The molecule has 1 amide bonds. The zero-order valence-electron chi connectivity index (χ0n) is 16.0. The number of amides is 1. The van der Waals surface area contributed by atoms with Gasteiger partial charge in [0.1, 0.15) is 6.61 Å². The monoisotopic (exact) mass is 415 g/mol. The first-order valence-corrected chi connectivity index (χ1v) is 9.50. The minimum Gasteiger partial charge on any atom is -0.504 e. The van der Waals surface area contributed by atoms with Gasteiger partial charge < -0.3 is 25.6 Å². The van der Waals surface area contributed by atoms with E-state index < -0.39 is 17.8 Å². The molecule has 0 aromatic heterocycles. The van der Waals surface area contributed by atoms with Crippen LogP contribution < -0.4 is 15.8 Å². The van der Waals surface area contributed by atoms with Crippen LogP contribution in [0, 0.1) is 11.3 Å². The predicted molar refractivity (Wildman–Crippen MR) is 109 cm³/mol. The summed E-state index contributed by atoms with van der Waals surface area (Å²) in [6.45, 7) is 5.21. The molecule has 2 rings (SSSR count). The molecule has 0 bridgehead atoms. The first kappa shape index (κ1) is 21.9. The fourth-order valence-electron chi connectivity index (χ4n) is 2.86. The molecule has 0 unspecified atom stereocenters. The van der Waals surface area contributed by atoms with Crippen LogP contribution in [0.4, 0.5) is 0 Å². The topological polar surface area (TPSA) is 135 Å². The van der Waals surface area contributed by atoms with Crippen molar-refractivity contribution >= 4 is 23.6 Å². The summed E-state index contributed by atoms with van der Waals surface area (Å²) in [4.78, 5) is 24.0. The Morgan fingerprint density at radius 1 is 1.48 bits per heavy atom. The van der Waals surface area contributed by atoms with Gasteiger partial charge in [-0.15, -0.1) is 0 Å². The molecule has 9 heteroatoms. The Morgan fingerprint density at radius 3 is 2.79 bits per heavy atom. The Hall–Kier alpha value is -3.38. The molecule has 0 spiro atoms. The molecular weight excluding hydrogens is 394 g/mol. The first-order valence-electron chi connectivity index (χ1n) is 8.52. The van der Waals surface area contributed by atoms with Gasteiger partial charge in [-0.1, -0.05) is 30.5 Å². The highest BCUT2D eigenvalue weighted by molar-refractivity contribution is 8.03. The third-order valence-corrected chi connectivity index (χ3v) is 5.14. The normalized spacial score (nSPS) is 16.0. The fourth-order valence-corrected chi connectivity index (χ4v) is 3.69. The Morgan fingerprint density at radius 2 is 2.21 bits per heavy atom. The van der Waals surface area contributed by atoms with Gasteiger partial charge in [-0.3, -0.25) is 4.79 Å². The number of nitrogens with zero attached hydrogens (tertiary/aromatic N) is 1. The van der Waals surface area contributed by atoms with Crippen LogP contribution in [0.3, 0.4) is 0 Å². The number of nitrogens with one attached hydrogen (secondary N) is 1. The summed E-state index contributed by atoms with van der Waals surface area (Å²) in [7, 11) is 1.40. The largest absolute Gasteiger partial charge is 0.504 e. The summed E-state index contributed by atoms with van der Waals surface area (Å²) in [5.74, 6) is -1.86. The Balaban J connectivity index is 2.63. The predicted octanol–water partition coefficient (Wildman–Crippen LogP) is 2.04. The van der Waals surface area contributed by atoms with Gasteiger partial charge in [0, 0.05) is 5.70 Å². The number of carbonyl (C=O) groups is 2. The van der Waals surface area contributed by atoms with Crippen LogP contribution in [-0.2, 0) is 14.3 Å². The number of thioether (sulfide) groups is 1. The molecule has 8 nitrogen and oxygen atoms in total. The Bertz CT molecular complexity index is 946. The zero-order chi connectivity index (χ0) is 21.6. The van der Waals surface area contributed by atoms with Gasteiger partial charge in [0.2, 0.25) is 5.91 Å². The molecule has 1 aliphatic rings. The van der Waals surface area contributed by atoms with E-state index in [0.717, 1.165) is 11.8 Å². The number of allylic oxidation sites excluding steroid dienone is 2. The number of hydrogen-bond donors (Lipinski definition) is 3. The van der Waals surface area contributed by atoms with Crippen LogP contribution in [-0.4, -0.2) is 36.5 Å². The van der Waals surface area contributed by atoms with E-state index in [1.165, 1.54) is 19.3 Å². The van der Waals surface area contributed by atoms with Crippen LogP contribution in [0.25, 0.3) is 0 Å². The van der Waals surface area contributed by atoms with Gasteiger partial charge in [-0.2, -0.15) is 5.26 Å². The molecule has 0 fully saturated rings. The molecule has 1 heterocycles. The summed E-state index contributed by atoms with van der Waals surface area (Å²) >= 11 is 1.07. The minimum absolute atomic E-state index is 0.0100. The second-order valence-electron chi connectivity index (χ2n) is 6.02. The molecule has 0 saturated carbocycles. The van der Waals surface area contributed by atoms with Gasteiger partial charge >= 0.3 is 5.97 Å².